The lowest BCUT2D eigenvalue weighted by Crippen LogP contribution is -2.70. The van der Waals surface area contributed by atoms with Crippen molar-refractivity contribution >= 4 is 0 Å². The Morgan fingerprint density at radius 3 is 2.03 bits per heavy atom. The standard InChI is InChI=1S/C23H47N5O11/c1-7(24)14(30)17(33)19(8(2)25)37-21-9(26)5-10-20(38-21)16(32)13(28-4)22(35-10)39-23-18(34)15(31)12(27-3)11(6-29)36-23/h7-23,27-34H,5-6,24-26H2,1-4H3/t7-,8?,9?,10+,11?,12-,13?,14?,15?,16?,17?,18?,19-,20?,21+,22?,23-/m1/s1. The number of rotatable bonds is 11. The molecule has 0 radical (unpaired) electrons. The summed E-state index contributed by atoms with van der Waals surface area (Å²) in [4.78, 5) is 0. The zero-order valence-electron chi connectivity index (χ0n) is 22.7. The van der Waals surface area contributed by atoms with E-state index in [4.69, 9.17) is 40.9 Å². The maximum atomic E-state index is 11.2. The van der Waals surface area contributed by atoms with E-state index in [1.54, 1.807) is 21.0 Å². The van der Waals surface area contributed by atoms with Gasteiger partial charge in [0.25, 0.3) is 0 Å². The SMILES string of the molecule is CNC1C(O[C@H]2OC(CO)[C@@H](NC)C(O)C2O)O[C@H]2CC(N)[C@@H](O[C@H](C(C)N)C(O)C(O)[C@@H](C)N)OC2C1O. The molecule has 16 nitrogen and oxygen atoms in total. The molecule has 0 aliphatic carbocycles. The van der Waals surface area contributed by atoms with Crippen LogP contribution in [0.25, 0.3) is 0 Å². The molecule has 3 aliphatic heterocycles. The molecule has 3 fully saturated rings. The van der Waals surface area contributed by atoms with E-state index in [9.17, 15) is 30.6 Å². The number of aliphatic hydroxyl groups excluding tert-OH is 6. The highest BCUT2D eigenvalue weighted by molar-refractivity contribution is 5.00. The van der Waals surface area contributed by atoms with Crippen LogP contribution in [-0.4, -0.2) is 155 Å². The monoisotopic (exact) mass is 569 g/mol. The smallest absolute Gasteiger partial charge is 0.189 e. The van der Waals surface area contributed by atoms with Crippen LogP contribution in [0.2, 0.25) is 0 Å². The Hall–Kier alpha value is -0.640. The van der Waals surface area contributed by atoms with Gasteiger partial charge in [0.1, 0.15) is 42.7 Å². The Kier molecular flexibility index (Phi) is 11.8. The molecule has 3 rings (SSSR count). The molecule has 39 heavy (non-hydrogen) atoms. The van der Waals surface area contributed by atoms with Crippen molar-refractivity contribution < 1.29 is 54.3 Å². The molecule has 230 valence electrons. The third-order valence-electron chi connectivity index (χ3n) is 7.67. The Labute approximate surface area is 227 Å². The molecule has 0 bridgehead atoms. The summed E-state index contributed by atoms with van der Waals surface area (Å²) < 4.78 is 29.5. The van der Waals surface area contributed by atoms with Gasteiger partial charge in [0.15, 0.2) is 18.9 Å². The topological polar surface area (TPSA) is 270 Å². The van der Waals surface area contributed by atoms with Crippen molar-refractivity contribution in [3.63, 3.8) is 0 Å². The average Bonchev–Trinajstić information content (AvgIpc) is 2.89. The molecule has 0 amide bonds. The molecule has 3 heterocycles. The largest absolute Gasteiger partial charge is 0.394 e. The van der Waals surface area contributed by atoms with E-state index in [1.165, 1.54) is 6.92 Å². The van der Waals surface area contributed by atoms with E-state index in [2.05, 4.69) is 10.6 Å². The van der Waals surface area contributed by atoms with Crippen LogP contribution < -0.4 is 27.8 Å². The van der Waals surface area contributed by atoms with Crippen molar-refractivity contribution in [1.29, 1.82) is 0 Å². The van der Waals surface area contributed by atoms with Crippen LogP contribution in [0.1, 0.15) is 20.3 Å². The molecule has 0 spiro atoms. The van der Waals surface area contributed by atoms with E-state index in [1.807, 2.05) is 0 Å². The summed E-state index contributed by atoms with van der Waals surface area (Å²) in [5.74, 6) is 0. The lowest BCUT2D eigenvalue weighted by Gasteiger charge is -2.51. The summed E-state index contributed by atoms with van der Waals surface area (Å²) in [6, 6.07) is -3.86. The molecule has 0 saturated carbocycles. The molecule has 0 aromatic rings. The first-order valence-electron chi connectivity index (χ1n) is 13.3. The number of likely N-dealkylation sites (N-methyl/N-ethyl adjacent to an activating group) is 2. The van der Waals surface area contributed by atoms with Gasteiger partial charge in [-0.05, 0) is 34.4 Å². The van der Waals surface area contributed by atoms with Crippen LogP contribution in [0.5, 0.6) is 0 Å². The lowest BCUT2D eigenvalue weighted by molar-refractivity contribution is -0.373. The maximum absolute atomic E-state index is 11.2. The summed E-state index contributed by atoms with van der Waals surface area (Å²) in [6.45, 7) is 2.69. The summed E-state index contributed by atoms with van der Waals surface area (Å²) >= 11 is 0. The van der Waals surface area contributed by atoms with Gasteiger partial charge in [-0.25, -0.2) is 0 Å². The van der Waals surface area contributed by atoms with Gasteiger partial charge in [-0.2, -0.15) is 0 Å². The molecule has 0 aromatic carbocycles. The van der Waals surface area contributed by atoms with E-state index in [0.29, 0.717) is 0 Å². The second-order valence-corrected chi connectivity index (χ2v) is 10.7. The number of fused-ring (bicyclic) bond motifs is 1. The molecular weight excluding hydrogens is 522 g/mol. The Bertz CT molecular complexity index is 753. The zero-order chi connectivity index (χ0) is 29.2. The molecule has 3 aliphatic rings. The number of nitrogens with two attached hydrogens (primary N) is 3. The molecule has 0 aromatic heterocycles. The van der Waals surface area contributed by atoms with E-state index < -0.39 is 111 Å². The fourth-order valence-electron chi connectivity index (χ4n) is 5.33. The molecule has 3 saturated heterocycles. The summed E-state index contributed by atoms with van der Waals surface area (Å²) in [7, 11) is 3.13. The second-order valence-electron chi connectivity index (χ2n) is 10.7. The van der Waals surface area contributed by atoms with Crippen molar-refractivity contribution in [1.82, 2.24) is 10.6 Å². The first-order chi connectivity index (χ1) is 18.4. The number of nitrogens with one attached hydrogen (secondary N) is 2. The molecule has 17 atom stereocenters. The van der Waals surface area contributed by atoms with Crippen molar-refractivity contribution in [2.24, 2.45) is 17.2 Å². The van der Waals surface area contributed by atoms with Crippen molar-refractivity contribution in [3.05, 3.63) is 0 Å². The van der Waals surface area contributed by atoms with E-state index in [0.717, 1.165) is 0 Å². The predicted octanol–water partition coefficient (Wildman–Crippen LogP) is -6.05. The summed E-state index contributed by atoms with van der Waals surface area (Å²) in [5.41, 5.74) is 18.0. The third-order valence-corrected chi connectivity index (χ3v) is 7.67. The minimum atomic E-state index is -1.47. The molecule has 16 heteroatoms. The van der Waals surface area contributed by atoms with Gasteiger partial charge in [-0.15, -0.1) is 0 Å². The van der Waals surface area contributed by atoms with Gasteiger partial charge in [0.2, 0.25) is 0 Å². The number of hydrogen-bond acceptors (Lipinski definition) is 16. The minimum Gasteiger partial charge on any atom is -0.394 e. The van der Waals surface area contributed by atoms with Crippen LogP contribution in [0.15, 0.2) is 0 Å². The molecule has 11 unspecified atom stereocenters. The van der Waals surface area contributed by atoms with Crippen molar-refractivity contribution in [3.8, 4) is 0 Å². The van der Waals surface area contributed by atoms with Crippen LogP contribution in [0.4, 0.5) is 0 Å². The normalized spacial score (nSPS) is 45.2. The third kappa shape index (κ3) is 7.06. The lowest BCUT2D eigenvalue weighted by atomic mass is 9.90. The fourth-order valence-corrected chi connectivity index (χ4v) is 5.33. The number of aliphatic hydroxyl groups is 6. The molecule has 14 N–H and O–H groups in total. The van der Waals surface area contributed by atoms with Gasteiger partial charge >= 0.3 is 0 Å². The van der Waals surface area contributed by atoms with Gasteiger partial charge < -0.3 is 82.2 Å². The molecular formula is C23H47N5O11. The van der Waals surface area contributed by atoms with Crippen LogP contribution in [0.3, 0.4) is 0 Å². The highest BCUT2D eigenvalue weighted by atomic mass is 16.8. The van der Waals surface area contributed by atoms with Gasteiger partial charge in [0, 0.05) is 12.1 Å². The second kappa shape index (κ2) is 14.0. The van der Waals surface area contributed by atoms with Crippen molar-refractivity contribution in [2.45, 2.75) is 124 Å². The number of hydrogen-bond donors (Lipinski definition) is 11. The van der Waals surface area contributed by atoms with E-state index >= 15 is 0 Å². The summed E-state index contributed by atoms with van der Waals surface area (Å²) in [5, 5.41) is 68.5. The summed E-state index contributed by atoms with van der Waals surface area (Å²) in [6.07, 6.45) is -13.8. The maximum Gasteiger partial charge on any atom is 0.189 e. The first kappa shape index (κ1) is 32.9. The van der Waals surface area contributed by atoms with Crippen LogP contribution in [-0.2, 0) is 23.7 Å². The van der Waals surface area contributed by atoms with Gasteiger partial charge in [0.05, 0.1) is 36.9 Å². The number of ether oxygens (including phenoxy) is 5. The first-order valence-corrected chi connectivity index (χ1v) is 13.3. The Morgan fingerprint density at radius 1 is 0.846 bits per heavy atom. The Balaban J connectivity index is 1.71. The van der Waals surface area contributed by atoms with Gasteiger partial charge in [-0.3, -0.25) is 0 Å². The fraction of sp³-hybridized carbons (Fsp3) is 1.00. The quantitative estimate of drug-likeness (QED) is 0.110. The Morgan fingerprint density at radius 2 is 1.49 bits per heavy atom. The minimum absolute atomic E-state index is 0.151. The zero-order valence-corrected chi connectivity index (χ0v) is 22.7. The highest BCUT2D eigenvalue weighted by Gasteiger charge is 2.53. The average molecular weight is 570 g/mol. The van der Waals surface area contributed by atoms with Crippen molar-refractivity contribution in [2.75, 3.05) is 20.7 Å². The van der Waals surface area contributed by atoms with Gasteiger partial charge in [-0.1, -0.05) is 0 Å². The van der Waals surface area contributed by atoms with Crippen LogP contribution in [0, 0.1) is 0 Å². The van der Waals surface area contributed by atoms with Crippen LogP contribution >= 0.6 is 0 Å². The highest BCUT2D eigenvalue weighted by Crippen LogP contribution is 2.35. The predicted molar refractivity (Wildman–Crippen MR) is 135 cm³/mol. The van der Waals surface area contributed by atoms with E-state index in [-0.39, 0.29) is 6.42 Å².